The van der Waals surface area contributed by atoms with Crippen LogP contribution in [-0.4, -0.2) is 51.7 Å². The standard InChI is InChI=1S/C24H21Cl2FN2O3S/c1-33(31,32)21-6-7-22(16-2-4-19(27)5-3-16)23(15-21)24(30)29-10-8-28(9-11-29)20-13-17(25)12-18(26)14-20/h2-7,12-15H,8-11H2,1H3. The summed E-state index contributed by atoms with van der Waals surface area (Å²) in [5.41, 5.74) is 2.33. The number of halogens is 3. The van der Waals surface area contributed by atoms with Gasteiger partial charge in [-0.3, -0.25) is 4.79 Å². The smallest absolute Gasteiger partial charge is 0.254 e. The molecule has 1 amide bonds. The number of hydrogen-bond acceptors (Lipinski definition) is 4. The number of carbonyl (C=O) groups is 1. The molecule has 0 radical (unpaired) electrons. The van der Waals surface area contributed by atoms with Gasteiger partial charge in [0.1, 0.15) is 5.82 Å². The average Bonchev–Trinajstić information content (AvgIpc) is 2.78. The second-order valence-corrected chi connectivity index (χ2v) is 10.8. The Kier molecular flexibility index (Phi) is 6.66. The number of anilines is 1. The van der Waals surface area contributed by atoms with Crippen LogP contribution in [0.25, 0.3) is 11.1 Å². The number of amides is 1. The number of carbonyl (C=O) groups excluding carboxylic acids is 1. The topological polar surface area (TPSA) is 57.7 Å². The first kappa shape index (κ1) is 23.5. The molecule has 3 aromatic rings. The average molecular weight is 507 g/mol. The van der Waals surface area contributed by atoms with Crippen molar-refractivity contribution in [3.63, 3.8) is 0 Å². The molecule has 1 saturated heterocycles. The molecule has 33 heavy (non-hydrogen) atoms. The van der Waals surface area contributed by atoms with Crippen LogP contribution in [0.2, 0.25) is 10.0 Å². The molecule has 0 spiro atoms. The monoisotopic (exact) mass is 506 g/mol. The van der Waals surface area contributed by atoms with Gasteiger partial charge in [0.25, 0.3) is 5.91 Å². The third-order valence-electron chi connectivity index (χ3n) is 5.58. The van der Waals surface area contributed by atoms with E-state index in [0.717, 1.165) is 11.9 Å². The minimum absolute atomic E-state index is 0.0592. The van der Waals surface area contributed by atoms with Crippen molar-refractivity contribution < 1.29 is 17.6 Å². The maximum absolute atomic E-state index is 13.5. The van der Waals surface area contributed by atoms with E-state index in [1.807, 2.05) is 12.1 Å². The first-order valence-electron chi connectivity index (χ1n) is 10.2. The molecule has 0 atom stereocenters. The van der Waals surface area contributed by atoms with Gasteiger partial charge in [0, 0.05) is 53.7 Å². The SMILES string of the molecule is CS(=O)(=O)c1ccc(-c2ccc(F)cc2)c(C(=O)N2CCN(c3cc(Cl)cc(Cl)c3)CC2)c1. The first-order chi connectivity index (χ1) is 15.6. The highest BCUT2D eigenvalue weighted by atomic mass is 35.5. The minimum atomic E-state index is -3.51. The van der Waals surface area contributed by atoms with Gasteiger partial charge in [0.15, 0.2) is 9.84 Å². The van der Waals surface area contributed by atoms with E-state index < -0.39 is 15.7 Å². The summed E-state index contributed by atoms with van der Waals surface area (Å²) in [5, 5.41) is 1.08. The van der Waals surface area contributed by atoms with Crippen molar-refractivity contribution in [2.45, 2.75) is 4.90 Å². The van der Waals surface area contributed by atoms with Crippen LogP contribution in [0.1, 0.15) is 10.4 Å². The highest BCUT2D eigenvalue weighted by Gasteiger charge is 2.26. The molecule has 0 aromatic heterocycles. The normalized spacial score (nSPS) is 14.4. The van der Waals surface area contributed by atoms with Crippen LogP contribution < -0.4 is 4.90 Å². The first-order valence-corrected chi connectivity index (χ1v) is 12.9. The van der Waals surface area contributed by atoms with E-state index in [4.69, 9.17) is 23.2 Å². The fourth-order valence-corrected chi connectivity index (χ4v) is 5.03. The van der Waals surface area contributed by atoms with Crippen molar-refractivity contribution in [3.8, 4) is 11.1 Å². The van der Waals surface area contributed by atoms with Crippen LogP contribution in [0.5, 0.6) is 0 Å². The maximum Gasteiger partial charge on any atom is 0.254 e. The van der Waals surface area contributed by atoms with Crippen molar-refractivity contribution in [1.29, 1.82) is 0 Å². The zero-order chi connectivity index (χ0) is 23.8. The van der Waals surface area contributed by atoms with E-state index in [0.29, 0.717) is 47.4 Å². The Bertz CT molecular complexity index is 1290. The van der Waals surface area contributed by atoms with E-state index in [9.17, 15) is 17.6 Å². The summed E-state index contributed by atoms with van der Waals surface area (Å²) in [7, 11) is -3.51. The lowest BCUT2D eigenvalue weighted by atomic mass is 9.98. The van der Waals surface area contributed by atoms with Gasteiger partial charge in [0.05, 0.1) is 4.90 Å². The molecule has 9 heteroatoms. The lowest BCUT2D eigenvalue weighted by molar-refractivity contribution is 0.0747. The lowest BCUT2D eigenvalue weighted by Crippen LogP contribution is -2.49. The number of nitrogens with zero attached hydrogens (tertiary/aromatic N) is 2. The summed E-state index contributed by atoms with van der Waals surface area (Å²) in [6.45, 7) is 2.02. The van der Waals surface area contributed by atoms with Gasteiger partial charge in [-0.05, 0) is 53.6 Å². The Balaban J connectivity index is 1.62. The van der Waals surface area contributed by atoms with Crippen molar-refractivity contribution in [2.75, 3.05) is 37.3 Å². The van der Waals surface area contributed by atoms with Gasteiger partial charge in [0.2, 0.25) is 0 Å². The van der Waals surface area contributed by atoms with Crippen molar-refractivity contribution in [1.82, 2.24) is 4.90 Å². The van der Waals surface area contributed by atoms with E-state index in [1.54, 1.807) is 29.2 Å². The van der Waals surface area contributed by atoms with Crippen molar-refractivity contribution in [2.24, 2.45) is 0 Å². The maximum atomic E-state index is 13.5. The number of benzene rings is 3. The predicted octanol–water partition coefficient (Wildman–Crippen LogP) is 5.17. The molecular weight excluding hydrogens is 486 g/mol. The number of hydrogen-bond donors (Lipinski definition) is 0. The molecule has 0 aliphatic carbocycles. The number of sulfone groups is 1. The zero-order valence-electron chi connectivity index (χ0n) is 17.8. The Morgan fingerprint density at radius 2 is 1.48 bits per heavy atom. The molecule has 1 heterocycles. The molecular formula is C24H21Cl2FN2O3S. The minimum Gasteiger partial charge on any atom is -0.368 e. The highest BCUT2D eigenvalue weighted by molar-refractivity contribution is 7.90. The van der Waals surface area contributed by atoms with Gasteiger partial charge in [-0.1, -0.05) is 41.4 Å². The van der Waals surface area contributed by atoms with Crippen molar-refractivity contribution >= 4 is 44.6 Å². The quantitative estimate of drug-likeness (QED) is 0.489. The molecule has 0 unspecified atom stereocenters. The van der Waals surface area contributed by atoms with E-state index in [2.05, 4.69) is 4.90 Å². The second-order valence-electron chi connectivity index (χ2n) is 7.89. The fraction of sp³-hybridized carbons (Fsp3) is 0.208. The summed E-state index contributed by atoms with van der Waals surface area (Å²) in [6, 6.07) is 15.5. The third-order valence-corrected chi connectivity index (χ3v) is 7.13. The molecule has 4 rings (SSSR count). The summed E-state index contributed by atoms with van der Waals surface area (Å²) in [5.74, 6) is -0.666. The molecule has 0 saturated carbocycles. The summed E-state index contributed by atoms with van der Waals surface area (Å²) >= 11 is 12.2. The highest BCUT2D eigenvalue weighted by Crippen LogP contribution is 2.30. The summed E-state index contributed by atoms with van der Waals surface area (Å²) in [6.07, 6.45) is 1.10. The van der Waals surface area contributed by atoms with Gasteiger partial charge >= 0.3 is 0 Å². The summed E-state index contributed by atoms with van der Waals surface area (Å²) in [4.78, 5) is 17.3. The molecule has 172 valence electrons. The van der Waals surface area contributed by atoms with Crippen LogP contribution >= 0.6 is 23.2 Å². The Morgan fingerprint density at radius 3 is 2.06 bits per heavy atom. The second kappa shape index (κ2) is 9.33. The third kappa shape index (κ3) is 5.32. The molecule has 1 fully saturated rings. The number of piperazine rings is 1. The zero-order valence-corrected chi connectivity index (χ0v) is 20.1. The molecule has 5 nitrogen and oxygen atoms in total. The Morgan fingerprint density at radius 1 is 0.879 bits per heavy atom. The van der Waals surface area contributed by atoms with E-state index in [1.165, 1.54) is 24.3 Å². The van der Waals surface area contributed by atoms with Crippen LogP contribution in [-0.2, 0) is 9.84 Å². The molecule has 1 aliphatic rings. The predicted molar refractivity (Wildman–Crippen MR) is 130 cm³/mol. The van der Waals surface area contributed by atoms with Crippen molar-refractivity contribution in [3.05, 3.63) is 82.1 Å². The summed E-state index contributed by atoms with van der Waals surface area (Å²) < 4.78 is 37.7. The fourth-order valence-electron chi connectivity index (χ4n) is 3.87. The van der Waals surface area contributed by atoms with Gasteiger partial charge < -0.3 is 9.80 Å². The molecule has 1 aliphatic heterocycles. The number of rotatable bonds is 4. The van der Waals surface area contributed by atoms with E-state index in [-0.39, 0.29) is 16.4 Å². The van der Waals surface area contributed by atoms with Crippen LogP contribution in [0, 0.1) is 5.82 Å². The van der Waals surface area contributed by atoms with Crippen LogP contribution in [0.15, 0.2) is 65.6 Å². The Labute approximate surface area is 202 Å². The lowest BCUT2D eigenvalue weighted by Gasteiger charge is -2.36. The van der Waals surface area contributed by atoms with Gasteiger partial charge in [-0.25, -0.2) is 12.8 Å². The van der Waals surface area contributed by atoms with Gasteiger partial charge in [-0.2, -0.15) is 0 Å². The molecule has 0 N–H and O–H groups in total. The molecule has 3 aromatic carbocycles. The van der Waals surface area contributed by atoms with Crippen LogP contribution in [0.4, 0.5) is 10.1 Å². The largest absolute Gasteiger partial charge is 0.368 e. The van der Waals surface area contributed by atoms with Crippen LogP contribution in [0.3, 0.4) is 0 Å². The van der Waals surface area contributed by atoms with E-state index >= 15 is 0 Å². The Hall–Kier alpha value is -2.61. The molecule has 0 bridgehead atoms. The van der Waals surface area contributed by atoms with Gasteiger partial charge in [-0.15, -0.1) is 0 Å².